The van der Waals surface area contributed by atoms with Crippen molar-refractivity contribution >= 4 is 11.9 Å². The highest BCUT2D eigenvalue weighted by molar-refractivity contribution is 5.88. The maximum absolute atomic E-state index is 11.6. The maximum Gasteiger partial charge on any atom is 0.339 e. The number of aromatic carboxylic acids is 1. The van der Waals surface area contributed by atoms with E-state index in [9.17, 15) is 9.59 Å². The molecule has 0 aliphatic heterocycles. The number of hydrogen-bond acceptors (Lipinski definition) is 3. The van der Waals surface area contributed by atoms with E-state index in [-0.39, 0.29) is 23.9 Å². The monoisotopic (exact) mass is 237 g/mol. The van der Waals surface area contributed by atoms with Gasteiger partial charge in [-0.3, -0.25) is 4.79 Å². The minimum absolute atomic E-state index is 0.0298. The molecular weight excluding hydrogens is 222 g/mol. The number of rotatable bonds is 4. The molecule has 92 valence electrons. The van der Waals surface area contributed by atoms with Gasteiger partial charge in [0.25, 0.3) is 0 Å². The molecule has 0 radical (unpaired) electrons. The van der Waals surface area contributed by atoms with E-state index in [2.05, 4.69) is 5.32 Å². The van der Waals surface area contributed by atoms with Gasteiger partial charge in [-0.25, -0.2) is 4.79 Å². The van der Waals surface area contributed by atoms with Crippen molar-refractivity contribution in [3.8, 4) is 0 Å². The lowest BCUT2D eigenvalue weighted by Gasteiger charge is -2.23. The molecule has 1 aromatic heterocycles. The van der Waals surface area contributed by atoms with Gasteiger partial charge in [-0.05, 0) is 25.8 Å². The Morgan fingerprint density at radius 3 is 2.71 bits per heavy atom. The van der Waals surface area contributed by atoms with Crippen molar-refractivity contribution < 1.29 is 19.1 Å². The average molecular weight is 237 g/mol. The van der Waals surface area contributed by atoms with E-state index in [0.29, 0.717) is 11.5 Å². The summed E-state index contributed by atoms with van der Waals surface area (Å²) < 4.78 is 5.26. The van der Waals surface area contributed by atoms with Crippen molar-refractivity contribution in [3.05, 3.63) is 23.2 Å². The van der Waals surface area contributed by atoms with Crippen molar-refractivity contribution in [1.29, 1.82) is 0 Å². The standard InChI is InChI=1S/C12H15NO4/c1-7-10(12(15)16)5-9(17-7)6-13-11(14)8-3-2-4-8/h5,8H,2-4,6H2,1H3,(H,13,14)(H,15,16). The molecule has 2 N–H and O–H groups in total. The van der Waals surface area contributed by atoms with E-state index in [0.717, 1.165) is 19.3 Å². The lowest BCUT2D eigenvalue weighted by molar-refractivity contribution is -0.127. The number of carbonyl (C=O) groups is 2. The molecule has 0 spiro atoms. The van der Waals surface area contributed by atoms with Crippen LogP contribution < -0.4 is 5.32 Å². The molecule has 1 aromatic rings. The third kappa shape index (κ3) is 2.49. The first-order chi connectivity index (χ1) is 8.08. The minimum atomic E-state index is -1.01. The number of nitrogens with one attached hydrogen (secondary N) is 1. The first-order valence-electron chi connectivity index (χ1n) is 5.68. The van der Waals surface area contributed by atoms with Crippen molar-refractivity contribution in [2.24, 2.45) is 5.92 Å². The summed E-state index contributed by atoms with van der Waals surface area (Å²) in [6.45, 7) is 1.85. The Kier molecular flexibility index (Phi) is 3.17. The predicted molar refractivity (Wildman–Crippen MR) is 59.6 cm³/mol. The van der Waals surface area contributed by atoms with E-state index < -0.39 is 5.97 Å². The van der Waals surface area contributed by atoms with Crippen molar-refractivity contribution in [2.45, 2.75) is 32.7 Å². The van der Waals surface area contributed by atoms with Crippen LogP contribution in [-0.4, -0.2) is 17.0 Å². The average Bonchev–Trinajstić information content (AvgIpc) is 2.54. The van der Waals surface area contributed by atoms with Gasteiger partial charge < -0.3 is 14.8 Å². The normalized spacial score (nSPS) is 15.4. The highest BCUT2D eigenvalue weighted by Gasteiger charge is 2.25. The zero-order valence-corrected chi connectivity index (χ0v) is 9.66. The summed E-state index contributed by atoms with van der Waals surface area (Å²) in [7, 11) is 0. The van der Waals surface area contributed by atoms with Crippen LogP contribution in [0, 0.1) is 12.8 Å². The van der Waals surface area contributed by atoms with Gasteiger partial charge in [-0.2, -0.15) is 0 Å². The molecule has 1 amide bonds. The minimum Gasteiger partial charge on any atom is -0.478 e. The Bertz CT molecular complexity index is 445. The summed E-state index contributed by atoms with van der Waals surface area (Å²) in [6, 6.07) is 1.46. The molecule has 0 saturated heterocycles. The predicted octanol–water partition coefficient (Wildman–Crippen LogP) is 1.70. The molecule has 1 saturated carbocycles. The van der Waals surface area contributed by atoms with Crippen LogP contribution in [0.1, 0.15) is 41.1 Å². The summed E-state index contributed by atoms with van der Waals surface area (Å²) in [5.74, 6) is -0.00651. The quantitative estimate of drug-likeness (QED) is 0.835. The molecular formula is C12H15NO4. The molecule has 1 aliphatic rings. The van der Waals surface area contributed by atoms with Crippen LogP contribution in [0.2, 0.25) is 0 Å². The summed E-state index contributed by atoms with van der Waals surface area (Å²) >= 11 is 0. The van der Waals surface area contributed by atoms with Crippen LogP contribution in [0.15, 0.2) is 10.5 Å². The first kappa shape index (κ1) is 11.7. The number of carbonyl (C=O) groups excluding carboxylic acids is 1. The third-order valence-electron chi connectivity index (χ3n) is 3.11. The Hall–Kier alpha value is -1.78. The Morgan fingerprint density at radius 2 is 2.24 bits per heavy atom. The molecule has 17 heavy (non-hydrogen) atoms. The lowest BCUT2D eigenvalue weighted by atomic mass is 9.85. The van der Waals surface area contributed by atoms with Gasteiger partial charge in [0.05, 0.1) is 6.54 Å². The number of furan rings is 1. The number of amides is 1. The Labute approximate surface area is 98.8 Å². The number of carboxylic acid groups (broad SMARTS) is 1. The van der Waals surface area contributed by atoms with Gasteiger partial charge in [-0.1, -0.05) is 6.42 Å². The van der Waals surface area contributed by atoms with Crippen LogP contribution in [-0.2, 0) is 11.3 Å². The Balaban J connectivity index is 1.92. The number of aryl methyl sites for hydroxylation is 1. The fourth-order valence-electron chi connectivity index (χ4n) is 1.83. The Morgan fingerprint density at radius 1 is 1.53 bits per heavy atom. The van der Waals surface area contributed by atoms with Gasteiger partial charge >= 0.3 is 5.97 Å². The molecule has 0 unspecified atom stereocenters. The zero-order chi connectivity index (χ0) is 12.4. The molecule has 1 fully saturated rings. The van der Waals surface area contributed by atoms with E-state index in [1.165, 1.54) is 6.07 Å². The van der Waals surface area contributed by atoms with Crippen LogP contribution >= 0.6 is 0 Å². The van der Waals surface area contributed by atoms with E-state index in [1.54, 1.807) is 6.92 Å². The van der Waals surface area contributed by atoms with E-state index in [4.69, 9.17) is 9.52 Å². The fraction of sp³-hybridized carbons (Fsp3) is 0.500. The second-order valence-electron chi connectivity index (χ2n) is 4.33. The van der Waals surface area contributed by atoms with E-state index in [1.807, 2.05) is 0 Å². The highest BCUT2D eigenvalue weighted by Crippen LogP contribution is 2.26. The molecule has 1 aliphatic carbocycles. The van der Waals surface area contributed by atoms with Gasteiger partial charge in [-0.15, -0.1) is 0 Å². The van der Waals surface area contributed by atoms with Crippen molar-refractivity contribution in [1.82, 2.24) is 5.32 Å². The zero-order valence-electron chi connectivity index (χ0n) is 9.66. The van der Waals surface area contributed by atoms with Crippen LogP contribution in [0.5, 0.6) is 0 Å². The molecule has 2 rings (SSSR count). The highest BCUT2D eigenvalue weighted by atomic mass is 16.4. The summed E-state index contributed by atoms with van der Waals surface area (Å²) in [4.78, 5) is 22.3. The topological polar surface area (TPSA) is 79.5 Å². The van der Waals surface area contributed by atoms with Gasteiger partial charge in [0.15, 0.2) is 0 Å². The molecule has 1 heterocycles. The number of carboxylic acids is 1. The van der Waals surface area contributed by atoms with Gasteiger partial charge in [0.2, 0.25) is 5.91 Å². The van der Waals surface area contributed by atoms with Crippen LogP contribution in [0.25, 0.3) is 0 Å². The van der Waals surface area contributed by atoms with E-state index >= 15 is 0 Å². The van der Waals surface area contributed by atoms with Crippen LogP contribution in [0.3, 0.4) is 0 Å². The first-order valence-corrected chi connectivity index (χ1v) is 5.68. The smallest absolute Gasteiger partial charge is 0.339 e. The largest absolute Gasteiger partial charge is 0.478 e. The molecule has 0 bridgehead atoms. The van der Waals surface area contributed by atoms with Crippen LogP contribution in [0.4, 0.5) is 0 Å². The van der Waals surface area contributed by atoms with Gasteiger partial charge in [0.1, 0.15) is 17.1 Å². The summed E-state index contributed by atoms with van der Waals surface area (Å²) in [5.41, 5.74) is 0.151. The number of hydrogen-bond donors (Lipinski definition) is 2. The second kappa shape index (κ2) is 4.61. The van der Waals surface area contributed by atoms with Crippen molar-refractivity contribution in [2.75, 3.05) is 0 Å². The van der Waals surface area contributed by atoms with Gasteiger partial charge in [0, 0.05) is 5.92 Å². The molecule has 5 nitrogen and oxygen atoms in total. The summed E-state index contributed by atoms with van der Waals surface area (Å²) in [5, 5.41) is 11.6. The van der Waals surface area contributed by atoms with Crippen molar-refractivity contribution in [3.63, 3.8) is 0 Å². The lowest BCUT2D eigenvalue weighted by Crippen LogP contribution is -2.33. The third-order valence-corrected chi connectivity index (χ3v) is 3.11. The summed E-state index contributed by atoms with van der Waals surface area (Å²) in [6.07, 6.45) is 3.01. The molecule has 0 aromatic carbocycles. The fourth-order valence-corrected chi connectivity index (χ4v) is 1.83. The SMILES string of the molecule is Cc1oc(CNC(=O)C2CCC2)cc1C(=O)O. The second-order valence-corrected chi connectivity index (χ2v) is 4.33. The molecule has 0 atom stereocenters. The maximum atomic E-state index is 11.6. The molecule has 5 heteroatoms.